The Labute approximate surface area is 632 Å². The first-order chi connectivity index (χ1) is 50.0. The highest BCUT2D eigenvalue weighted by Crippen LogP contribution is 2.29. The number of carbonyl (C=O) groups excluding carboxylic acids is 2. The standard InChI is InChI=1S/C28H34BrN5O2.C21H31N5O.C21H27N5O.C7H4BrClO.C2H4O2/c1-4-24(33(18-17-32(2)3)27(35)21-12-14-22(29)15-13-21)26-31-25-23(11-8-16-30-25)28(36)34(26)19-20-9-6-5-7-10-20;2*1-4-18(22-13-14-25(2)3)20-24-19-17(11-8-12-23-19)21(27)26(20)15-16-9-6-5-7-10-16;8-6-3-1-5(2-4-6)7(9)10;1-2(3)4/h5-7,9-10,12-15,24,30H,4,8,11,16-19H2,1-3H3;5-7,9-10,18,22-23H,4,8,11-15H2,1-3H3;5-12,18,22H,4,13-15H2,1-3H3;1-4H;1H3,(H,3,4). The molecule has 0 fully saturated rings. The van der Waals surface area contributed by atoms with Crippen molar-refractivity contribution in [2.45, 2.75) is 110 Å². The van der Waals surface area contributed by atoms with Crippen molar-refractivity contribution in [2.75, 3.05) is 105 Å². The van der Waals surface area contributed by atoms with Crippen LogP contribution in [0.15, 0.2) is 181 Å². The molecule has 0 saturated heterocycles. The normalized spacial score (nSPS) is 13.0. The summed E-state index contributed by atoms with van der Waals surface area (Å²) in [7, 11) is 12.2. The zero-order chi connectivity index (χ0) is 75.2. The Balaban J connectivity index is 0.000000201. The van der Waals surface area contributed by atoms with Gasteiger partial charge >= 0.3 is 0 Å². The number of carbonyl (C=O) groups is 3. The lowest BCUT2D eigenvalue weighted by molar-refractivity contribution is -0.134. The van der Waals surface area contributed by atoms with E-state index in [1.54, 1.807) is 51.7 Å². The number of halogens is 3. The number of rotatable bonds is 26. The molecule has 0 aliphatic carbocycles. The van der Waals surface area contributed by atoms with Gasteiger partial charge in [-0.25, -0.2) is 19.9 Å². The topological polar surface area (TPSA) is 250 Å². The molecule has 2 aliphatic heterocycles. The number of pyridine rings is 1. The van der Waals surface area contributed by atoms with Crippen LogP contribution in [0.5, 0.6) is 0 Å². The molecule has 0 saturated carbocycles. The van der Waals surface area contributed by atoms with Gasteiger partial charge in [0.2, 0.25) is 0 Å². The number of likely N-dealkylation sites (N-methyl/N-ethyl adjacent to an activating group) is 3. The summed E-state index contributed by atoms with van der Waals surface area (Å²) in [5.74, 6) is 2.74. The van der Waals surface area contributed by atoms with E-state index in [1.807, 2.05) is 148 Å². The van der Waals surface area contributed by atoms with Gasteiger partial charge in [0.15, 0.2) is 5.65 Å². The van der Waals surface area contributed by atoms with Crippen LogP contribution in [0.25, 0.3) is 11.0 Å². The zero-order valence-electron chi connectivity index (χ0n) is 61.4. The SMILES string of the molecule is CC(=O)O.CCC(NCCN(C)C)c1nc2c(c(=O)n1Cc1ccccc1)CCCN2.CCC(NCCN(C)C)c1nc2ncccc2c(=O)n1Cc1ccccc1.CCC(c1nc2c(c(=O)n1Cc1ccccc1)CCCN2)N(CCN(C)C)C(=O)c1ccc(Br)cc1.O=C(Cl)c1ccc(Br)cc1. The summed E-state index contributed by atoms with van der Waals surface area (Å²) < 4.78 is 7.31. The molecule has 5 aromatic carbocycles. The largest absolute Gasteiger partial charge is 0.481 e. The molecule has 0 bridgehead atoms. The summed E-state index contributed by atoms with van der Waals surface area (Å²) in [4.78, 5) is 101. The molecule has 3 unspecified atom stereocenters. The number of nitrogens with zero attached hydrogens (tertiary/aromatic N) is 11. The molecule has 11 rings (SSSR count). The molecule has 2 aliphatic rings. The van der Waals surface area contributed by atoms with Crippen molar-refractivity contribution in [3.8, 4) is 0 Å². The number of hydrogen-bond donors (Lipinski definition) is 5. The van der Waals surface area contributed by atoms with Crippen molar-refractivity contribution in [1.29, 1.82) is 0 Å². The van der Waals surface area contributed by atoms with Crippen molar-refractivity contribution in [2.24, 2.45) is 0 Å². The number of nitrogens with one attached hydrogen (secondary N) is 4. The highest BCUT2D eigenvalue weighted by atomic mass is 79.9. The molecule has 0 radical (unpaired) electrons. The molecule has 5 N–H and O–H groups in total. The minimum Gasteiger partial charge on any atom is -0.481 e. The van der Waals surface area contributed by atoms with E-state index in [1.165, 1.54) is 0 Å². The molecule has 4 aromatic heterocycles. The third-order valence-corrected chi connectivity index (χ3v) is 18.6. The fraction of sp³-hybridized carbons (Fsp3) is 0.392. The molecule has 9 aromatic rings. The number of carboxylic acids is 1. The smallest absolute Gasteiger partial charge is 0.300 e. The summed E-state index contributed by atoms with van der Waals surface area (Å²) in [6.45, 7) is 15.3. The first kappa shape index (κ1) is 82.7. The molecule has 104 heavy (non-hydrogen) atoms. The van der Waals surface area contributed by atoms with Crippen LogP contribution in [0, 0.1) is 0 Å². The summed E-state index contributed by atoms with van der Waals surface area (Å²) in [5, 5.41) is 21.3. The van der Waals surface area contributed by atoms with Crippen LogP contribution in [0.4, 0.5) is 11.6 Å². The molecule has 3 atom stereocenters. The van der Waals surface area contributed by atoms with Crippen LogP contribution in [-0.2, 0) is 37.3 Å². The average molecular weight is 1570 g/mol. The highest BCUT2D eigenvalue weighted by molar-refractivity contribution is 9.10. The number of benzene rings is 5. The van der Waals surface area contributed by atoms with Crippen molar-refractivity contribution in [3.63, 3.8) is 0 Å². The molecule has 554 valence electrons. The van der Waals surface area contributed by atoms with Gasteiger partial charge in [-0.2, -0.15) is 0 Å². The molecule has 6 heterocycles. The molecule has 1 amide bonds. The minimum atomic E-state index is -0.833. The second-order valence-electron chi connectivity index (χ2n) is 26.1. The fourth-order valence-electron chi connectivity index (χ4n) is 11.9. The molecule has 0 spiro atoms. The van der Waals surface area contributed by atoms with Gasteiger partial charge in [-0.15, -0.1) is 0 Å². The third kappa shape index (κ3) is 24.8. The molecule has 25 heteroatoms. The van der Waals surface area contributed by atoms with Crippen molar-refractivity contribution in [1.82, 2.24) is 63.9 Å². The van der Waals surface area contributed by atoms with Gasteiger partial charge in [0.1, 0.15) is 29.1 Å². The van der Waals surface area contributed by atoms with Crippen molar-refractivity contribution < 1.29 is 19.5 Å². The van der Waals surface area contributed by atoms with E-state index in [0.717, 1.165) is 133 Å². The fourth-order valence-corrected chi connectivity index (χ4v) is 12.5. The van der Waals surface area contributed by atoms with E-state index in [-0.39, 0.29) is 40.7 Å². The Morgan fingerprint density at radius 2 is 0.933 bits per heavy atom. The van der Waals surface area contributed by atoms with E-state index >= 15 is 0 Å². The average Bonchev–Trinajstić information content (AvgIpc) is 0.787. The lowest BCUT2D eigenvalue weighted by atomic mass is 10.1. The summed E-state index contributed by atoms with van der Waals surface area (Å²) >= 11 is 11.9. The van der Waals surface area contributed by atoms with E-state index in [9.17, 15) is 24.0 Å². The lowest BCUT2D eigenvalue weighted by Gasteiger charge is -2.34. The van der Waals surface area contributed by atoms with Gasteiger partial charge in [0.05, 0.1) is 54.3 Å². The highest BCUT2D eigenvalue weighted by Gasteiger charge is 2.32. The maximum absolute atomic E-state index is 13.8. The number of fused-ring (bicyclic) bond motifs is 3. The zero-order valence-corrected chi connectivity index (χ0v) is 65.3. The van der Waals surface area contributed by atoms with Crippen LogP contribution in [0.1, 0.15) is 144 Å². The second-order valence-corrected chi connectivity index (χ2v) is 28.3. The van der Waals surface area contributed by atoms with Gasteiger partial charge in [0.25, 0.3) is 33.8 Å². The maximum atomic E-state index is 13.8. The Morgan fingerprint density at radius 1 is 0.529 bits per heavy atom. The van der Waals surface area contributed by atoms with Crippen LogP contribution in [-0.4, -0.2) is 170 Å². The predicted molar refractivity (Wildman–Crippen MR) is 425 cm³/mol. The monoisotopic (exact) mass is 1560 g/mol. The van der Waals surface area contributed by atoms with Crippen LogP contribution in [0.2, 0.25) is 0 Å². The van der Waals surface area contributed by atoms with Crippen molar-refractivity contribution in [3.05, 3.63) is 254 Å². The number of aromatic nitrogens is 7. The van der Waals surface area contributed by atoms with Crippen LogP contribution < -0.4 is 37.9 Å². The molecular weight excluding hydrogens is 1470 g/mol. The van der Waals surface area contributed by atoms with Gasteiger partial charge < -0.3 is 46.0 Å². The first-order valence-electron chi connectivity index (χ1n) is 35.4. The number of hydrogen-bond acceptors (Lipinski definition) is 17. The Hall–Kier alpha value is -8.59. The van der Waals surface area contributed by atoms with Crippen molar-refractivity contribution >= 4 is 83.2 Å². The summed E-state index contributed by atoms with van der Waals surface area (Å²) in [6.07, 6.45) is 7.43. The van der Waals surface area contributed by atoms with E-state index in [0.29, 0.717) is 79.4 Å². The second kappa shape index (κ2) is 42.4. The number of anilines is 2. The van der Waals surface area contributed by atoms with Gasteiger partial charge in [-0.1, -0.05) is 144 Å². The Morgan fingerprint density at radius 3 is 1.35 bits per heavy atom. The predicted octanol–water partition coefficient (Wildman–Crippen LogP) is 12.2. The van der Waals surface area contributed by atoms with Crippen LogP contribution >= 0.6 is 43.5 Å². The van der Waals surface area contributed by atoms with E-state index in [4.69, 9.17) is 36.5 Å². The number of amides is 1. The maximum Gasteiger partial charge on any atom is 0.300 e. The van der Waals surface area contributed by atoms with Crippen LogP contribution in [0.3, 0.4) is 0 Å². The first-order valence-corrected chi connectivity index (χ1v) is 37.3. The van der Waals surface area contributed by atoms with Gasteiger partial charge in [-0.05, 0) is 176 Å². The third-order valence-electron chi connectivity index (χ3n) is 17.3. The molecule has 22 nitrogen and oxygen atoms in total. The van der Waals surface area contributed by atoms with Gasteiger partial charge in [-0.3, -0.25) is 42.5 Å². The van der Waals surface area contributed by atoms with Gasteiger partial charge in [0, 0.05) is 85.6 Å². The number of carboxylic acid groups (broad SMARTS) is 1. The number of aliphatic carboxylic acids is 1. The van der Waals surface area contributed by atoms with E-state index in [2.05, 4.69) is 113 Å². The Bertz CT molecular complexity index is 4370. The summed E-state index contributed by atoms with van der Waals surface area (Å²) in [5.41, 5.74) is 6.46. The summed E-state index contributed by atoms with van der Waals surface area (Å²) in [6, 6.07) is 47.7. The quantitative estimate of drug-likeness (QED) is 0.0316. The Kier molecular flexibility index (Phi) is 33.7. The minimum absolute atomic E-state index is 0.00670. The van der Waals surface area contributed by atoms with E-state index < -0.39 is 11.2 Å². The molecular formula is C79H100Br2ClN15O7. The lowest BCUT2D eigenvalue weighted by Crippen LogP contribution is -2.43.